The highest BCUT2D eigenvalue weighted by Gasteiger charge is 2.37. The summed E-state index contributed by atoms with van der Waals surface area (Å²) in [5, 5.41) is 5.59. The molecule has 0 saturated carbocycles. The smallest absolute Gasteiger partial charge is 0.262 e. The number of fused-ring (bicyclic) bond motifs is 1. The average molecular weight is 498 g/mol. The van der Waals surface area contributed by atoms with Crippen molar-refractivity contribution in [3.8, 4) is 5.75 Å². The number of anilines is 2. The Morgan fingerprint density at radius 2 is 1.53 bits per heavy atom. The van der Waals surface area contributed by atoms with Crippen LogP contribution in [0.4, 0.5) is 11.4 Å². The lowest BCUT2D eigenvalue weighted by Gasteiger charge is -2.15. The molecular formula is C24H17Cl2N3O5. The molecule has 0 radical (unpaired) electrons. The second-order valence-corrected chi connectivity index (χ2v) is 8.10. The van der Waals surface area contributed by atoms with Gasteiger partial charge in [0.15, 0.2) is 0 Å². The predicted octanol–water partition coefficient (Wildman–Crippen LogP) is 4.49. The van der Waals surface area contributed by atoms with Gasteiger partial charge in [-0.2, -0.15) is 0 Å². The second kappa shape index (κ2) is 9.54. The Morgan fingerprint density at radius 1 is 0.882 bits per heavy atom. The van der Waals surface area contributed by atoms with Crippen LogP contribution in [0.25, 0.3) is 0 Å². The third kappa shape index (κ3) is 4.59. The number of nitrogens with zero attached hydrogens (tertiary/aromatic N) is 1. The van der Waals surface area contributed by atoms with Crippen molar-refractivity contribution in [2.75, 3.05) is 24.3 Å². The van der Waals surface area contributed by atoms with Crippen LogP contribution in [0.5, 0.6) is 5.75 Å². The lowest BCUT2D eigenvalue weighted by molar-refractivity contribution is -0.116. The summed E-state index contributed by atoms with van der Waals surface area (Å²) < 4.78 is 5.15. The van der Waals surface area contributed by atoms with Crippen molar-refractivity contribution in [2.24, 2.45) is 0 Å². The Morgan fingerprint density at radius 3 is 2.18 bits per heavy atom. The molecule has 0 aliphatic carbocycles. The lowest BCUT2D eigenvalue weighted by Crippen LogP contribution is -2.37. The molecular weight excluding hydrogens is 481 g/mol. The SMILES string of the molecule is COc1cccc(NC(=O)c2ccccc2NC(=O)CN2C(=O)c3cc(Cl)c(Cl)cc3C2=O)c1. The quantitative estimate of drug-likeness (QED) is 0.488. The number of halogens is 2. The number of imide groups is 1. The zero-order valence-corrected chi connectivity index (χ0v) is 19.2. The zero-order valence-electron chi connectivity index (χ0n) is 17.7. The van der Waals surface area contributed by atoms with Gasteiger partial charge < -0.3 is 15.4 Å². The third-order valence-electron chi connectivity index (χ3n) is 5.09. The summed E-state index contributed by atoms with van der Waals surface area (Å²) in [6.45, 7) is -0.548. The first kappa shape index (κ1) is 23.3. The molecule has 0 aromatic heterocycles. The summed E-state index contributed by atoms with van der Waals surface area (Å²) in [6.07, 6.45) is 0. The molecule has 1 heterocycles. The number of hydrogen-bond donors (Lipinski definition) is 2. The van der Waals surface area contributed by atoms with Crippen LogP contribution >= 0.6 is 23.2 Å². The van der Waals surface area contributed by atoms with Crippen LogP contribution in [0, 0.1) is 0 Å². The molecule has 2 N–H and O–H groups in total. The number of amides is 4. The van der Waals surface area contributed by atoms with E-state index in [2.05, 4.69) is 10.6 Å². The normalized spacial score (nSPS) is 12.4. The van der Waals surface area contributed by atoms with Gasteiger partial charge in [-0.15, -0.1) is 0 Å². The highest BCUT2D eigenvalue weighted by Crippen LogP contribution is 2.31. The number of methoxy groups -OCH3 is 1. The summed E-state index contributed by atoms with van der Waals surface area (Å²) in [4.78, 5) is 51.6. The van der Waals surface area contributed by atoms with E-state index in [1.807, 2.05) is 0 Å². The van der Waals surface area contributed by atoms with Gasteiger partial charge in [0.1, 0.15) is 12.3 Å². The lowest BCUT2D eigenvalue weighted by atomic mass is 10.1. The largest absolute Gasteiger partial charge is 0.497 e. The van der Waals surface area contributed by atoms with Crippen LogP contribution in [0.3, 0.4) is 0 Å². The van der Waals surface area contributed by atoms with E-state index in [0.717, 1.165) is 4.90 Å². The molecule has 0 bridgehead atoms. The van der Waals surface area contributed by atoms with Gasteiger partial charge in [-0.1, -0.05) is 41.4 Å². The number of benzene rings is 3. The highest BCUT2D eigenvalue weighted by molar-refractivity contribution is 6.43. The summed E-state index contributed by atoms with van der Waals surface area (Å²) in [5.41, 5.74) is 1.07. The number of carbonyl (C=O) groups excluding carboxylic acids is 4. The van der Waals surface area contributed by atoms with Crippen LogP contribution in [0.15, 0.2) is 60.7 Å². The van der Waals surface area contributed by atoms with Gasteiger partial charge in [0, 0.05) is 11.8 Å². The molecule has 0 saturated heterocycles. The monoisotopic (exact) mass is 497 g/mol. The van der Waals surface area contributed by atoms with Crippen LogP contribution in [0.2, 0.25) is 10.0 Å². The van der Waals surface area contributed by atoms with Crippen molar-refractivity contribution in [3.63, 3.8) is 0 Å². The molecule has 1 aliphatic heterocycles. The van der Waals surface area contributed by atoms with Gasteiger partial charge >= 0.3 is 0 Å². The van der Waals surface area contributed by atoms with Gasteiger partial charge in [0.25, 0.3) is 17.7 Å². The van der Waals surface area contributed by atoms with Crippen molar-refractivity contribution in [1.82, 2.24) is 4.90 Å². The number of hydrogen-bond acceptors (Lipinski definition) is 5. The van der Waals surface area contributed by atoms with Gasteiger partial charge in [-0.25, -0.2) is 0 Å². The zero-order chi connectivity index (χ0) is 24.4. The molecule has 4 rings (SSSR count). The van der Waals surface area contributed by atoms with E-state index in [0.29, 0.717) is 11.4 Å². The maximum absolute atomic E-state index is 12.8. The van der Waals surface area contributed by atoms with E-state index in [1.54, 1.807) is 42.5 Å². The van der Waals surface area contributed by atoms with Crippen molar-refractivity contribution >= 4 is 58.2 Å². The van der Waals surface area contributed by atoms with Crippen LogP contribution in [0.1, 0.15) is 31.1 Å². The van der Waals surface area contributed by atoms with E-state index in [4.69, 9.17) is 27.9 Å². The van der Waals surface area contributed by atoms with Crippen molar-refractivity contribution < 1.29 is 23.9 Å². The molecule has 3 aromatic carbocycles. The number of ether oxygens (including phenoxy) is 1. The fraction of sp³-hybridized carbons (Fsp3) is 0.0833. The minimum absolute atomic E-state index is 0.0743. The molecule has 34 heavy (non-hydrogen) atoms. The van der Waals surface area contributed by atoms with Gasteiger partial charge in [0.2, 0.25) is 5.91 Å². The Kier molecular flexibility index (Phi) is 6.54. The van der Waals surface area contributed by atoms with Crippen molar-refractivity contribution in [3.05, 3.63) is 87.4 Å². The van der Waals surface area contributed by atoms with Crippen molar-refractivity contribution in [2.45, 2.75) is 0 Å². The number of nitrogens with one attached hydrogen (secondary N) is 2. The van der Waals surface area contributed by atoms with Crippen LogP contribution in [-0.4, -0.2) is 42.2 Å². The Balaban J connectivity index is 1.48. The van der Waals surface area contributed by atoms with E-state index in [-0.39, 0.29) is 32.4 Å². The van der Waals surface area contributed by atoms with Gasteiger partial charge in [-0.3, -0.25) is 24.1 Å². The van der Waals surface area contributed by atoms with Gasteiger partial charge in [-0.05, 0) is 36.4 Å². The molecule has 10 heteroatoms. The Hall–Kier alpha value is -3.88. The van der Waals surface area contributed by atoms with E-state index < -0.39 is 30.2 Å². The molecule has 0 atom stereocenters. The van der Waals surface area contributed by atoms with Gasteiger partial charge in [0.05, 0.1) is 39.5 Å². The van der Waals surface area contributed by atoms with E-state index in [9.17, 15) is 19.2 Å². The van der Waals surface area contributed by atoms with Crippen LogP contribution in [-0.2, 0) is 4.79 Å². The minimum atomic E-state index is -0.659. The highest BCUT2D eigenvalue weighted by atomic mass is 35.5. The summed E-state index contributed by atoms with van der Waals surface area (Å²) in [6, 6.07) is 15.8. The standard InChI is InChI=1S/C24H17Cl2N3O5/c1-34-14-6-4-5-13(9-14)27-22(31)15-7-2-3-8-20(15)28-21(30)12-29-23(32)16-10-18(25)19(26)11-17(16)24(29)33/h2-11H,12H2,1H3,(H,27,31)(H,28,30). The molecule has 0 fully saturated rings. The predicted molar refractivity (Wildman–Crippen MR) is 128 cm³/mol. The number of carbonyl (C=O) groups is 4. The third-order valence-corrected chi connectivity index (χ3v) is 5.81. The summed E-state index contributed by atoms with van der Waals surface area (Å²) in [7, 11) is 1.52. The molecule has 8 nitrogen and oxygen atoms in total. The molecule has 0 unspecified atom stereocenters. The maximum atomic E-state index is 12.8. The average Bonchev–Trinajstić information content (AvgIpc) is 3.04. The first-order valence-electron chi connectivity index (χ1n) is 9.98. The summed E-state index contributed by atoms with van der Waals surface area (Å²) in [5.74, 6) is -1.86. The molecule has 0 spiro atoms. The molecule has 172 valence electrons. The van der Waals surface area contributed by atoms with E-state index in [1.165, 1.54) is 25.3 Å². The fourth-order valence-electron chi connectivity index (χ4n) is 3.45. The van der Waals surface area contributed by atoms with Crippen molar-refractivity contribution in [1.29, 1.82) is 0 Å². The molecule has 1 aliphatic rings. The van der Waals surface area contributed by atoms with Crippen LogP contribution < -0.4 is 15.4 Å². The van der Waals surface area contributed by atoms with E-state index >= 15 is 0 Å². The number of rotatable bonds is 6. The first-order chi connectivity index (χ1) is 16.3. The summed E-state index contributed by atoms with van der Waals surface area (Å²) >= 11 is 11.9. The number of para-hydroxylation sites is 1. The molecule has 3 aromatic rings. The molecule has 4 amide bonds. The topological polar surface area (TPSA) is 105 Å². The first-order valence-corrected chi connectivity index (χ1v) is 10.7. The Bertz CT molecular complexity index is 1300. The maximum Gasteiger partial charge on any atom is 0.262 e. The fourth-order valence-corrected chi connectivity index (χ4v) is 3.78. The Labute approximate surface area is 204 Å². The minimum Gasteiger partial charge on any atom is -0.497 e. The second-order valence-electron chi connectivity index (χ2n) is 7.29.